The van der Waals surface area contributed by atoms with Crippen molar-refractivity contribution in [1.82, 2.24) is 5.32 Å². The fraction of sp³-hybridized carbons (Fsp3) is 0.333. The summed E-state index contributed by atoms with van der Waals surface area (Å²) in [6.45, 7) is 1.96. The maximum atomic E-state index is 13.7. The lowest BCUT2D eigenvalue weighted by atomic mass is 10.2. The van der Waals surface area contributed by atoms with Gasteiger partial charge in [-0.25, -0.2) is 4.39 Å². The van der Waals surface area contributed by atoms with E-state index in [1.165, 1.54) is 11.0 Å². The highest BCUT2D eigenvalue weighted by atomic mass is 19.1. The zero-order chi connectivity index (χ0) is 12.4. The molecule has 0 bridgehead atoms. The first-order valence-corrected chi connectivity index (χ1v) is 5.41. The fourth-order valence-corrected chi connectivity index (χ4v) is 1.78. The van der Waals surface area contributed by atoms with Crippen LogP contribution < -0.4 is 10.2 Å². The fourth-order valence-electron chi connectivity index (χ4n) is 1.78. The van der Waals surface area contributed by atoms with E-state index in [1.807, 2.05) is 6.92 Å². The number of hydrogen-bond donors (Lipinski definition) is 1. The van der Waals surface area contributed by atoms with Crippen molar-refractivity contribution >= 4 is 17.5 Å². The molecule has 1 fully saturated rings. The van der Waals surface area contributed by atoms with Crippen molar-refractivity contribution in [3.05, 3.63) is 29.6 Å². The Bertz CT molecular complexity index is 474. The predicted octanol–water partition coefficient (Wildman–Crippen LogP) is 0.987. The molecule has 0 atom stereocenters. The van der Waals surface area contributed by atoms with Crippen LogP contribution in [0, 0.1) is 12.7 Å². The number of benzene rings is 1. The quantitative estimate of drug-likeness (QED) is 0.790. The summed E-state index contributed by atoms with van der Waals surface area (Å²) in [7, 11) is 0. The Balaban J connectivity index is 2.34. The number of nitrogens with zero attached hydrogens (tertiary/aromatic N) is 1. The van der Waals surface area contributed by atoms with Crippen molar-refractivity contribution < 1.29 is 14.0 Å². The highest BCUT2D eigenvalue weighted by molar-refractivity contribution is 5.99. The predicted molar refractivity (Wildman–Crippen MR) is 61.1 cm³/mol. The summed E-state index contributed by atoms with van der Waals surface area (Å²) in [4.78, 5) is 24.3. The van der Waals surface area contributed by atoms with Crippen LogP contribution in [0.15, 0.2) is 18.2 Å². The second kappa shape index (κ2) is 4.53. The lowest BCUT2D eigenvalue weighted by molar-refractivity contribution is -0.123. The molecule has 17 heavy (non-hydrogen) atoms. The van der Waals surface area contributed by atoms with Gasteiger partial charge in [-0.3, -0.25) is 9.59 Å². The summed E-state index contributed by atoms with van der Waals surface area (Å²) in [5.41, 5.74) is 1.12. The average molecular weight is 236 g/mol. The number of nitrogens with one attached hydrogen (secondary N) is 1. The van der Waals surface area contributed by atoms with Crippen LogP contribution in [0.4, 0.5) is 10.1 Å². The van der Waals surface area contributed by atoms with E-state index in [-0.39, 0.29) is 37.0 Å². The molecule has 1 heterocycles. The van der Waals surface area contributed by atoms with E-state index in [4.69, 9.17) is 0 Å². The Morgan fingerprint density at radius 2 is 2.12 bits per heavy atom. The Morgan fingerprint density at radius 1 is 1.35 bits per heavy atom. The largest absolute Gasteiger partial charge is 0.347 e. The summed E-state index contributed by atoms with van der Waals surface area (Å²) < 4.78 is 13.7. The van der Waals surface area contributed by atoms with E-state index in [2.05, 4.69) is 5.32 Å². The van der Waals surface area contributed by atoms with E-state index < -0.39 is 5.82 Å². The lowest BCUT2D eigenvalue weighted by Gasteiger charge is -2.20. The Labute approximate surface area is 98.4 Å². The second-order valence-electron chi connectivity index (χ2n) is 4.03. The topological polar surface area (TPSA) is 49.4 Å². The lowest BCUT2D eigenvalue weighted by Crippen LogP contribution is -2.35. The first-order valence-electron chi connectivity index (χ1n) is 5.41. The molecule has 0 unspecified atom stereocenters. The number of amides is 2. The van der Waals surface area contributed by atoms with Gasteiger partial charge in [0.05, 0.1) is 12.2 Å². The molecule has 2 amide bonds. The third-order valence-electron chi connectivity index (χ3n) is 2.69. The van der Waals surface area contributed by atoms with Crippen molar-refractivity contribution in [3.63, 3.8) is 0 Å². The minimum Gasteiger partial charge on any atom is -0.347 e. The molecule has 1 aliphatic rings. The van der Waals surface area contributed by atoms with Gasteiger partial charge in [0.1, 0.15) is 5.82 Å². The van der Waals surface area contributed by atoms with Gasteiger partial charge >= 0.3 is 0 Å². The van der Waals surface area contributed by atoms with Gasteiger partial charge in [-0.2, -0.15) is 0 Å². The van der Waals surface area contributed by atoms with Gasteiger partial charge in [0.25, 0.3) is 0 Å². The number of rotatable bonds is 1. The summed E-state index contributed by atoms with van der Waals surface area (Å²) in [6.07, 6.45) is 0.194. The monoisotopic (exact) mass is 236 g/mol. The maximum absolute atomic E-state index is 13.7. The Morgan fingerprint density at radius 3 is 2.88 bits per heavy atom. The molecule has 5 heteroatoms. The molecule has 1 saturated heterocycles. The van der Waals surface area contributed by atoms with E-state index in [0.29, 0.717) is 0 Å². The van der Waals surface area contributed by atoms with Crippen LogP contribution in [0.3, 0.4) is 0 Å². The number of carbonyl (C=O) groups excluding carboxylic acids is 2. The van der Waals surface area contributed by atoms with Crippen LogP contribution in [0.1, 0.15) is 12.0 Å². The Hall–Kier alpha value is -1.91. The van der Waals surface area contributed by atoms with Crippen molar-refractivity contribution in [3.8, 4) is 0 Å². The van der Waals surface area contributed by atoms with Gasteiger partial charge in [0.2, 0.25) is 11.8 Å². The maximum Gasteiger partial charge on any atom is 0.246 e. The summed E-state index contributed by atoms with van der Waals surface area (Å²) in [5.74, 6) is -0.924. The molecule has 1 aromatic rings. The van der Waals surface area contributed by atoms with Crippen LogP contribution in [0.5, 0.6) is 0 Å². The van der Waals surface area contributed by atoms with Gasteiger partial charge in [0.15, 0.2) is 0 Å². The first-order chi connectivity index (χ1) is 8.08. The third kappa shape index (κ3) is 2.43. The standard InChI is InChI=1S/C12H13FN2O2/c1-8-2-3-9(13)10(6-8)15-5-4-11(16)14-7-12(15)17/h2-3,6H,4-5,7H2,1H3,(H,14,16). The highest BCUT2D eigenvalue weighted by Gasteiger charge is 2.23. The van der Waals surface area contributed by atoms with E-state index in [9.17, 15) is 14.0 Å². The molecule has 1 N–H and O–H groups in total. The molecule has 0 saturated carbocycles. The molecule has 0 aromatic heterocycles. The first kappa shape index (κ1) is 11.6. The Kier molecular flexibility index (Phi) is 3.08. The molecule has 2 rings (SSSR count). The molecule has 0 aliphatic carbocycles. The molecule has 1 aliphatic heterocycles. The third-order valence-corrected chi connectivity index (χ3v) is 2.69. The minimum atomic E-state index is -0.446. The van der Waals surface area contributed by atoms with Crippen molar-refractivity contribution in [1.29, 1.82) is 0 Å². The number of halogens is 1. The number of carbonyl (C=O) groups is 2. The van der Waals surface area contributed by atoms with Crippen LogP contribution in [0.25, 0.3) is 0 Å². The van der Waals surface area contributed by atoms with Crippen molar-refractivity contribution in [2.75, 3.05) is 18.0 Å². The van der Waals surface area contributed by atoms with Gasteiger partial charge < -0.3 is 10.2 Å². The van der Waals surface area contributed by atoms with Gasteiger partial charge in [-0.1, -0.05) is 6.07 Å². The number of anilines is 1. The normalized spacial score (nSPS) is 16.7. The molecule has 0 spiro atoms. The molecule has 0 radical (unpaired) electrons. The molecular formula is C12H13FN2O2. The van der Waals surface area contributed by atoms with Crippen LogP contribution in [-0.2, 0) is 9.59 Å². The average Bonchev–Trinajstić information content (AvgIpc) is 2.46. The van der Waals surface area contributed by atoms with E-state index >= 15 is 0 Å². The van der Waals surface area contributed by atoms with Gasteiger partial charge in [-0.05, 0) is 24.6 Å². The second-order valence-corrected chi connectivity index (χ2v) is 4.03. The molecule has 1 aromatic carbocycles. The van der Waals surface area contributed by atoms with E-state index in [1.54, 1.807) is 12.1 Å². The summed E-state index contributed by atoms with van der Waals surface area (Å²) >= 11 is 0. The smallest absolute Gasteiger partial charge is 0.246 e. The zero-order valence-corrected chi connectivity index (χ0v) is 9.50. The van der Waals surface area contributed by atoms with Crippen LogP contribution >= 0.6 is 0 Å². The number of hydrogen-bond acceptors (Lipinski definition) is 2. The number of aryl methyl sites for hydroxylation is 1. The SMILES string of the molecule is Cc1ccc(F)c(N2CCC(=O)NCC2=O)c1. The minimum absolute atomic E-state index is 0.0772. The van der Waals surface area contributed by atoms with Crippen molar-refractivity contribution in [2.45, 2.75) is 13.3 Å². The summed E-state index contributed by atoms with van der Waals surface area (Å²) in [5, 5.41) is 2.48. The molecule has 4 nitrogen and oxygen atoms in total. The van der Waals surface area contributed by atoms with Crippen LogP contribution in [-0.4, -0.2) is 24.9 Å². The van der Waals surface area contributed by atoms with Crippen molar-refractivity contribution in [2.24, 2.45) is 0 Å². The molecular weight excluding hydrogens is 223 g/mol. The van der Waals surface area contributed by atoms with Gasteiger partial charge in [0, 0.05) is 13.0 Å². The van der Waals surface area contributed by atoms with Gasteiger partial charge in [-0.15, -0.1) is 0 Å². The highest BCUT2D eigenvalue weighted by Crippen LogP contribution is 2.21. The van der Waals surface area contributed by atoms with Crippen LogP contribution in [0.2, 0.25) is 0 Å². The zero-order valence-electron chi connectivity index (χ0n) is 9.50. The summed E-state index contributed by atoms with van der Waals surface area (Å²) in [6, 6.07) is 4.59. The van der Waals surface area contributed by atoms with E-state index in [0.717, 1.165) is 5.56 Å². The molecule has 90 valence electrons.